The number of likely N-dealkylation sites (tertiary alicyclic amines) is 1. The molecule has 0 unspecified atom stereocenters. The van der Waals surface area contributed by atoms with Gasteiger partial charge >= 0.3 is 0 Å². The summed E-state index contributed by atoms with van der Waals surface area (Å²) in [7, 11) is 3.17. The molecule has 7 nitrogen and oxygen atoms in total. The first kappa shape index (κ1) is 20.2. The van der Waals surface area contributed by atoms with Crippen LogP contribution in [0.4, 0.5) is 5.82 Å². The molecule has 1 aliphatic heterocycles. The van der Waals surface area contributed by atoms with Crippen molar-refractivity contribution in [2.45, 2.75) is 18.9 Å². The minimum Gasteiger partial charge on any atom is -0.493 e. The maximum Gasteiger partial charge on any atom is 0.253 e. The van der Waals surface area contributed by atoms with E-state index >= 15 is 0 Å². The third-order valence-electron chi connectivity index (χ3n) is 5.32. The lowest BCUT2D eigenvalue weighted by molar-refractivity contribution is 0.0718. The molecular weight excluding hydrogens is 404 g/mol. The Morgan fingerprint density at radius 1 is 1.07 bits per heavy atom. The van der Waals surface area contributed by atoms with E-state index in [1.54, 1.807) is 20.3 Å². The van der Waals surface area contributed by atoms with Gasteiger partial charge in [-0.2, -0.15) is 0 Å². The van der Waals surface area contributed by atoms with Crippen molar-refractivity contribution in [3.8, 4) is 11.5 Å². The first-order chi connectivity index (χ1) is 14.6. The van der Waals surface area contributed by atoms with Gasteiger partial charge in [-0.05, 0) is 42.6 Å². The quantitative estimate of drug-likeness (QED) is 0.621. The molecule has 1 fully saturated rings. The van der Waals surface area contributed by atoms with Crippen molar-refractivity contribution >= 4 is 34.2 Å². The van der Waals surface area contributed by atoms with Crippen LogP contribution in [0.25, 0.3) is 10.9 Å². The highest BCUT2D eigenvalue weighted by Gasteiger charge is 2.24. The van der Waals surface area contributed by atoms with E-state index in [-0.39, 0.29) is 17.2 Å². The SMILES string of the molecule is COc1cc2nc(Cl)nc(NC3CCN(C(=O)c4ccccc4)CC3)c2cc1OC. The van der Waals surface area contributed by atoms with Gasteiger partial charge in [0.25, 0.3) is 5.91 Å². The maximum absolute atomic E-state index is 12.7. The lowest BCUT2D eigenvalue weighted by Gasteiger charge is -2.33. The van der Waals surface area contributed by atoms with Gasteiger partial charge in [0.05, 0.1) is 19.7 Å². The fourth-order valence-corrected chi connectivity index (χ4v) is 3.90. The van der Waals surface area contributed by atoms with Crippen LogP contribution in [-0.4, -0.2) is 54.1 Å². The number of nitrogens with zero attached hydrogens (tertiary/aromatic N) is 3. The molecule has 0 radical (unpaired) electrons. The number of anilines is 1. The van der Waals surface area contributed by atoms with Crippen LogP contribution < -0.4 is 14.8 Å². The van der Waals surface area contributed by atoms with Gasteiger partial charge in [-0.1, -0.05) is 18.2 Å². The topological polar surface area (TPSA) is 76.6 Å². The standard InChI is InChI=1S/C22H23ClN4O3/c1-29-18-12-16-17(13-19(18)30-2)25-22(23)26-20(16)24-15-8-10-27(11-9-15)21(28)14-6-4-3-5-7-14/h3-7,12-13,15H,8-11H2,1-2H3,(H,24,25,26). The average Bonchev–Trinajstić information content (AvgIpc) is 2.78. The van der Waals surface area contributed by atoms with E-state index in [1.165, 1.54) is 0 Å². The highest BCUT2D eigenvalue weighted by Crippen LogP contribution is 2.35. The number of rotatable bonds is 5. The third kappa shape index (κ3) is 4.11. The van der Waals surface area contributed by atoms with Crippen molar-refractivity contribution in [3.63, 3.8) is 0 Å². The van der Waals surface area contributed by atoms with Gasteiger partial charge in [-0.15, -0.1) is 0 Å². The molecule has 4 rings (SSSR count). The highest BCUT2D eigenvalue weighted by molar-refractivity contribution is 6.28. The largest absolute Gasteiger partial charge is 0.493 e. The van der Waals surface area contributed by atoms with E-state index in [0.29, 0.717) is 35.9 Å². The summed E-state index contributed by atoms with van der Waals surface area (Å²) in [6.07, 6.45) is 1.63. The lowest BCUT2D eigenvalue weighted by atomic mass is 10.0. The zero-order chi connectivity index (χ0) is 21.1. The van der Waals surface area contributed by atoms with Crippen LogP contribution in [0.1, 0.15) is 23.2 Å². The minimum atomic E-state index is 0.0708. The number of benzene rings is 2. The predicted molar refractivity (Wildman–Crippen MR) is 117 cm³/mol. The van der Waals surface area contributed by atoms with Gasteiger partial charge in [-0.3, -0.25) is 4.79 Å². The van der Waals surface area contributed by atoms with Crippen LogP contribution >= 0.6 is 11.6 Å². The first-order valence-electron chi connectivity index (χ1n) is 9.79. The van der Waals surface area contributed by atoms with Crippen LogP contribution in [0.2, 0.25) is 5.28 Å². The first-order valence-corrected chi connectivity index (χ1v) is 10.2. The number of piperidine rings is 1. The Kier molecular flexibility index (Phi) is 5.90. The molecule has 1 aromatic heterocycles. The number of amides is 1. The van der Waals surface area contributed by atoms with E-state index in [2.05, 4.69) is 15.3 Å². The summed E-state index contributed by atoms with van der Waals surface area (Å²) in [5, 5.41) is 4.45. The molecule has 1 N–H and O–H groups in total. The molecule has 0 saturated carbocycles. The number of halogens is 1. The molecule has 2 heterocycles. The zero-order valence-electron chi connectivity index (χ0n) is 16.9. The summed E-state index contributed by atoms with van der Waals surface area (Å²) in [6, 6.07) is 13.2. The van der Waals surface area contributed by atoms with Gasteiger partial charge in [0.1, 0.15) is 5.82 Å². The Balaban J connectivity index is 1.50. The van der Waals surface area contributed by atoms with E-state index < -0.39 is 0 Å². The van der Waals surface area contributed by atoms with Crippen LogP contribution in [0.15, 0.2) is 42.5 Å². The van der Waals surface area contributed by atoms with Crippen LogP contribution in [0, 0.1) is 0 Å². The minimum absolute atomic E-state index is 0.0708. The van der Waals surface area contributed by atoms with E-state index in [1.807, 2.05) is 41.3 Å². The van der Waals surface area contributed by atoms with Gasteiger partial charge in [0, 0.05) is 36.1 Å². The smallest absolute Gasteiger partial charge is 0.253 e. The molecule has 0 spiro atoms. The van der Waals surface area contributed by atoms with E-state index in [0.717, 1.165) is 23.8 Å². The number of nitrogens with one attached hydrogen (secondary N) is 1. The molecule has 0 atom stereocenters. The average molecular weight is 427 g/mol. The molecule has 30 heavy (non-hydrogen) atoms. The Bertz CT molecular complexity index is 1050. The lowest BCUT2D eigenvalue weighted by Crippen LogP contribution is -2.42. The number of carbonyl (C=O) groups excluding carboxylic acids is 1. The monoisotopic (exact) mass is 426 g/mol. The number of ether oxygens (including phenoxy) is 2. The van der Waals surface area contributed by atoms with Crippen molar-refractivity contribution in [2.24, 2.45) is 0 Å². The van der Waals surface area contributed by atoms with Crippen LogP contribution in [0.3, 0.4) is 0 Å². The molecule has 156 valence electrons. The normalized spacial score (nSPS) is 14.6. The van der Waals surface area contributed by atoms with Crippen molar-refractivity contribution < 1.29 is 14.3 Å². The summed E-state index contributed by atoms with van der Waals surface area (Å²) < 4.78 is 10.8. The van der Waals surface area contributed by atoms with Gasteiger partial charge in [0.2, 0.25) is 5.28 Å². The molecule has 2 aromatic carbocycles. The molecular formula is C22H23ClN4O3. The van der Waals surface area contributed by atoms with Crippen molar-refractivity contribution in [3.05, 3.63) is 53.3 Å². The molecule has 1 aliphatic rings. The molecule has 1 saturated heterocycles. The summed E-state index contributed by atoms with van der Waals surface area (Å²) in [5.74, 6) is 1.90. The van der Waals surface area contributed by atoms with Gasteiger partial charge < -0.3 is 19.7 Å². The Morgan fingerprint density at radius 2 is 1.73 bits per heavy atom. The number of hydrogen-bond acceptors (Lipinski definition) is 6. The molecule has 8 heteroatoms. The van der Waals surface area contributed by atoms with Crippen molar-refractivity contribution in [1.29, 1.82) is 0 Å². The van der Waals surface area contributed by atoms with Crippen LogP contribution in [-0.2, 0) is 0 Å². The summed E-state index contributed by atoms with van der Waals surface area (Å²) in [4.78, 5) is 23.3. The molecule has 1 amide bonds. The second-order valence-electron chi connectivity index (χ2n) is 7.14. The number of hydrogen-bond donors (Lipinski definition) is 1. The third-order valence-corrected chi connectivity index (χ3v) is 5.49. The number of carbonyl (C=O) groups is 1. The van der Waals surface area contributed by atoms with Crippen molar-refractivity contribution in [2.75, 3.05) is 32.6 Å². The molecule has 0 aliphatic carbocycles. The summed E-state index contributed by atoms with van der Waals surface area (Å²) >= 11 is 6.16. The summed E-state index contributed by atoms with van der Waals surface area (Å²) in [5.41, 5.74) is 1.39. The fraction of sp³-hybridized carbons (Fsp3) is 0.318. The van der Waals surface area contributed by atoms with Crippen molar-refractivity contribution in [1.82, 2.24) is 14.9 Å². The van der Waals surface area contributed by atoms with Crippen LogP contribution in [0.5, 0.6) is 11.5 Å². The van der Waals surface area contributed by atoms with E-state index in [9.17, 15) is 4.79 Å². The fourth-order valence-electron chi connectivity index (χ4n) is 3.72. The second-order valence-corrected chi connectivity index (χ2v) is 7.48. The zero-order valence-corrected chi connectivity index (χ0v) is 17.6. The maximum atomic E-state index is 12.7. The Labute approximate surface area is 180 Å². The molecule has 0 bridgehead atoms. The predicted octanol–water partition coefficient (Wildman–Crippen LogP) is 4.02. The van der Waals surface area contributed by atoms with Gasteiger partial charge in [-0.25, -0.2) is 9.97 Å². The van der Waals surface area contributed by atoms with Gasteiger partial charge in [0.15, 0.2) is 11.5 Å². The Hall–Kier alpha value is -3.06. The number of aromatic nitrogens is 2. The highest BCUT2D eigenvalue weighted by atomic mass is 35.5. The summed E-state index contributed by atoms with van der Waals surface area (Å²) in [6.45, 7) is 1.36. The second kappa shape index (κ2) is 8.75. The number of methoxy groups -OCH3 is 2. The Morgan fingerprint density at radius 3 is 2.40 bits per heavy atom. The molecule has 3 aromatic rings. The van der Waals surface area contributed by atoms with E-state index in [4.69, 9.17) is 21.1 Å². The number of fused-ring (bicyclic) bond motifs is 1.